The van der Waals surface area contributed by atoms with Gasteiger partial charge in [-0.25, -0.2) is 9.98 Å². The molecule has 4 aromatic rings. The van der Waals surface area contributed by atoms with Crippen LogP contribution in [-0.4, -0.2) is 22.1 Å². The van der Waals surface area contributed by atoms with Crippen molar-refractivity contribution in [2.45, 2.75) is 0 Å². The van der Waals surface area contributed by atoms with Gasteiger partial charge in [-0.2, -0.15) is 5.10 Å². The van der Waals surface area contributed by atoms with Crippen molar-refractivity contribution in [2.75, 3.05) is 0 Å². The number of phenolic OH excluding ortho intramolecular Hbond substituents is 1. The molecule has 1 aromatic heterocycles. The molecule has 0 radical (unpaired) electrons. The van der Waals surface area contributed by atoms with E-state index in [1.54, 1.807) is 35.8 Å². The van der Waals surface area contributed by atoms with Crippen LogP contribution in [0.15, 0.2) is 87.4 Å². The maximum atomic E-state index is 9.97. The zero-order chi connectivity index (χ0) is 19.3. The van der Waals surface area contributed by atoms with Gasteiger partial charge in [0.15, 0.2) is 10.8 Å². The molecular formula is C21H15BrN4OS. The number of aliphatic imine (C=N–C) groups is 1. The van der Waals surface area contributed by atoms with Gasteiger partial charge in [0.25, 0.3) is 0 Å². The Kier molecular flexibility index (Phi) is 5.45. The molecule has 28 heavy (non-hydrogen) atoms. The van der Waals surface area contributed by atoms with Crippen molar-refractivity contribution in [2.24, 2.45) is 10.1 Å². The van der Waals surface area contributed by atoms with Crippen molar-refractivity contribution in [3.63, 3.8) is 0 Å². The second kappa shape index (κ2) is 8.33. The van der Waals surface area contributed by atoms with Crippen LogP contribution in [-0.2, 0) is 0 Å². The molecule has 0 aliphatic heterocycles. The lowest BCUT2D eigenvalue weighted by molar-refractivity contribution is 0.474. The Morgan fingerprint density at radius 2 is 1.82 bits per heavy atom. The van der Waals surface area contributed by atoms with Gasteiger partial charge in [0.2, 0.25) is 0 Å². The highest BCUT2D eigenvalue weighted by atomic mass is 79.9. The van der Waals surface area contributed by atoms with Crippen LogP contribution in [0.25, 0.3) is 10.2 Å². The van der Waals surface area contributed by atoms with Crippen LogP contribution in [0, 0.1) is 0 Å². The third-order valence-electron chi connectivity index (χ3n) is 3.86. The monoisotopic (exact) mass is 450 g/mol. The predicted octanol–water partition coefficient (Wildman–Crippen LogP) is 5.47. The molecule has 0 spiro atoms. The normalized spacial score (nSPS) is 12.0. The van der Waals surface area contributed by atoms with E-state index >= 15 is 0 Å². The molecule has 5 nitrogen and oxygen atoms in total. The SMILES string of the molecule is Oc1ccc(Br)cc1C=NNC(=Nc1ccccc1)c1nc2ccccc2s1. The lowest BCUT2D eigenvalue weighted by atomic mass is 10.2. The average Bonchev–Trinajstić information content (AvgIpc) is 3.15. The smallest absolute Gasteiger partial charge is 0.183 e. The van der Waals surface area contributed by atoms with Crippen molar-refractivity contribution in [3.05, 3.63) is 87.8 Å². The predicted molar refractivity (Wildman–Crippen MR) is 119 cm³/mol. The Balaban J connectivity index is 1.68. The summed E-state index contributed by atoms with van der Waals surface area (Å²) >= 11 is 4.93. The van der Waals surface area contributed by atoms with E-state index in [2.05, 4.69) is 36.4 Å². The Bertz CT molecular complexity index is 1140. The summed E-state index contributed by atoms with van der Waals surface area (Å²) in [6.45, 7) is 0. The first kappa shape index (κ1) is 18.3. The number of phenols is 1. The topological polar surface area (TPSA) is 69.9 Å². The van der Waals surface area contributed by atoms with E-state index in [9.17, 15) is 5.11 Å². The van der Waals surface area contributed by atoms with Crippen molar-refractivity contribution < 1.29 is 5.11 Å². The number of halogens is 1. The van der Waals surface area contributed by atoms with Crippen molar-refractivity contribution in [1.82, 2.24) is 10.4 Å². The highest BCUT2D eigenvalue weighted by Gasteiger charge is 2.10. The maximum Gasteiger partial charge on any atom is 0.183 e. The van der Waals surface area contributed by atoms with E-state index in [4.69, 9.17) is 0 Å². The van der Waals surface area contributed by atoms with Gasteiger partial charge < -0.3 is 5.11 Å². The Morgan fingerprint density at radius 1 is 1.04 bits per heavy atom. The highest BCUT2D eigenvalue weighted by molar-refractivity contribution is 9.10. The molecule has 0 amide bonds. The second-order valence-electron chi connectivity index (χ2n) is 5.86. The van der Waals surface area contributed by atoms with E-state index in [0.717, 1.165) is 25.4 Å². The molecule has 4 rings (SSSR count). The zero-order valence-corrected chi connectivity index (χ0v) is 17.0. The fraction of sp³-hybridized carbons (Fsp3) is 0. The number of amidine groups is 1. The summed E-state index contributed by atoms with van der Waals surface area (Å²) in [6.07, 6.45) is 1.55. The number of hydrogen-bond acceptors (Lipinski definition) is 5. The number of nitrogens with zero attached hydrogens (tertiary/aromatic N) is 3. The highest BCUT2D eigenvalue weighted by Crippen LogP contribution is 2.23. The Hall–Kier alpha value is -3.03. The number of hydrazone groups is 1. The standard InChI is InChI=1S/C21H15BrN4OS/c22-15-10-11-18(27)14(12-15)13-23-26-20(24-16-6-2-1-3-7-16)21-25-17-8-4-5-9-19(17)28-21/h1-13,27H,(H,24,26). The molecule has 0 unspecified atom stereocenters. The lowest BCUT2D eigenvalue weighted by Crippen LogP contribution is -2.18. The van der Waals surface area contributed by atoms with Crippen LogP contribution >= 0.6 is 27.3 Å². The number of benzene rings is 3. The van der Waals surface area contributed by atoms with E-state index in [1.165, 1.54) is 0 Å². The van der Waals surface area contributed by atoms with Gasteiger partial charge in [-0.3, -0.25) is 5.43 Å². The number of hydrogen-bond donors (Lipinski definition) is 2. The molecule has 0 saturated heterocycles. The van der Waals surface area contributed by atoms with Crippen LogP contribution in [0.4, 0.5) is 5.69 Å². The molecule has 138 valence electrons. The van der Waals surface area contributed by atoms with Gasteiger partial charge in [0, 0.05) is 10.0 Å². The molecule has 2 N–H and O–H groups in total. The third-order valence-corrected chi connectivity index (χ3v) is 5.39. The second-order valence-corrected chi connectivity index (χ2v) is 7.80. The quantitative estimate of drug-likeness (QED) is 0.246. The molecule has 0 aliphatic carbocycles. The molecule has 0 saturated carbocycles. The number of nitrogens with one attached hydrogen (secondary N) is 1. The molecule has 3 aromatic carbocycles. The van der Waals surface area contributed by atoms with E-state index < -0.39 is 0 Å². The number of para-hydroxylation sites is 2. The first-order chi connectivity index (χ1) is 13.7. The minimum absolute atomic E-state index is 0.148. The number of rotatable bonds is 4. The first-order valence-electron chi connectivity index (χ1n) is 8.46. The van der Waals surface area contributed by atoms with E-state index in [-0.39, 0.29) is 5.75 Å². The summed E-state index contributed by atoms with van der Waals surface area (Å²) in [5.41, 5.74) is 5.28. The molecule has 0 fully saturated rings. The van der Waals surface area contributed by atoms with Gasteiger partial charge in [-0.15, -0.1) is 11.3 Å². The van der Waals surface area contributed by atoms with Gasteiger partial charge in [-0.1, -0.05) is 46.3 Å². The number of aromatic nitrogens is 1. The lowest BCUT2D eigenvalue weighted by Gasteiger charge is -2.03. The minimum Gasteiger partial charge on any atom is -0.507 e. The largest absolute Gasteiger partial charge is 0.507 e. The minimum atomic E-state index is 0.148. The molecule has 0 aliphatic rings. The molecular weight excluding hydrogens is 436 g/mol. The molecule has 0 bridgehead atoms. The fourth-order valence-electron chi connectivity index (χ4n) is 2.52. The summed E-state index contributed by atoms with van der Waals surface area (Å²) in [5.74, 6) is 0.688. The van der Waals surface area contributed by atoms with Gasteiger partial charge in [0.1, 0.15) is 5.75 Å². The summed E-state index contributed by atoms with van der Waals surface area (Å²) in [7, 11) is 0. The fourth-order valence-corrected chi connectivity index (χ4v) is 3.80. The summed E-state index contributed by atoms with van der Waals surface area (Å²) in [4.78, 5) is 9.32. The van der Waals surface area contributed by atoms with Gasteiger partial charge in [0.05, 0.1) is 22.1 Å². The number of fused-ring (bicyclic) bond motifs is 1. The van der Waals surface area contributed by atoms with Crippen LogP contribution in [0.2, 0.25) is 0 Å². The number of aromatic hydroxyl groups is 1. The Morgan fingerprint density at radius 3 is 2.64 bits per heavy atom. The van der Waals surface area contributed by atoms with Gasteiger partial charge >= 0.3 is 0 Å². The molecule has 7 heteroatoms. The van der Waals surface area contributed by atoms with Crippen LogP contribution < -0.4 is 5.43 Å². The van der Waals surface area contributed by atoms with E-state index in [0.29, 0.717) is 11.4 Å². The Labute approximate surface area is 174 Å². The van der Waals surface area contributed by atoms with Crippen molar-refractivity contribution >= 4 is 55.2 Å². The first-order valence-corrected chi connectivity index (χ1v) is 10.1. The summed E-state index contributed by atoms with van der Waals surface area (Å²) in [6, 6.07) is 22.7. The number of thiazole rings is 1. The molecule has 1 heterocycles. The van der Waals surface area contributed by atoms with Crippen molar-refractivity contribution in [3.8, 4) is 5.75 Å². The molecule has 0 atom stereocenters. The van der Waals surface area contributed by atoms with Crippen molar-refractivity contribution in [1.29, 1.82) is 0 Å². The average molecular weight is 451 g/mol. The van der Waals surface area contributed by atoms with Gasteiger partial charge in [-0.05, 0) is 42.5 Å². The summed E-state index contributed by atoms with van der Waals surface area (Å²) < 4.78 is 1.93. The van der Waals surface area contributed by atoms with Crippen LogP contribution in [0.1, 0.15) is 10.6 Å². The van der Waals surface area contributed by atoms with Crippen LogP contribution in [0.3, 0.4) is 0 Å². The maximum absolute atomic E-state index is 9.97. The third kappa shape index (κ3) is 4.27. The zero-order valence-electron chi connectivity index (χ0n) is 14.6. The summed E-state index contributed by atoms with van der Waals surface area (Å²) in [5, 5.41) is 15.0. The van der Waals surface area contributed by atoms with Crippen LogP contribution in [0.5, 0.6) is 5.75 Å². The van der Waals surface area contributed by atoms with E-state index in [1.807, 2.05) is 54.6 Å².